The molecule has 0 aliphatic carbocycles. The van der Waals surface area contributed by atoms with E-state index in [0.29, 0.717) is 5.92 Å². The Morgan fingerprint density at radius 1 is 1.40 bits per heavy atom. The van der Waals surface area contributed by atoms with Gasteiger partial charge in [0, 0.05) is 10.2 Å². The van der Waals surface area contributed by atoms with Gasteiger partial charge in [0.25, 0.3) is 0 Å². The van der Waals surface area contributed by atoms with Crippen LogP contribution in [-0.4, -0.2) is 6.04 Å². The second-order valence-electron chi connectivity index (χ2n) is 3.94. The summed E-state index contributed by atoms with van der Waals surface area (Å²) in [5, 5.41) is 12.2. The normalized spacial score (nSPS) is 12.2. The largest absolute Gasteiger partial charge is 0.369 e. The first-order valence-corrected chi connectivity index (χ1v) is 5.83. The third kappa shape index (κ3) is 3.93. The number of nitrogens with zero attached hydrogens (tertiary/aromatic N) is 1. The number of hydrogen-bond donors (Lipinski definition) is 1. The Hall–Kier alpha value is -1.01. The molecule has 15 heavy (non-hydrogen) atoms. The summed E-state index contributed by atoms with van der Waals surface area (Å²) in [6.07, 6.45) is 0.859. The minimum atomic E-state index is -0.122. The van der Waals surface area contributed by atoms with E-state index in [-0.39, 0.29) is 6.04 Å². The van der Waals surface area contributed by atoms with Crippen molar-refractivity contribution < 1.29 is 0 Å². The van der Waals surface area contributed by atoms with Crippen LogP contribution in [0.4, 0.5) is 5.69 Å². The molecule has 0 amide bonds. The Morgan fingerprint density at radius 2 is 2.07 bits per heavy atom. The molecule has 0 aromatic heterocycles. The lowest BCUT2D eigenvalue weighted by Crippen LogP contribution is -2.19. The molecular formula is C12H15BrN2. The molecule has 0 saturated heterocycles. The topological polar surface area (TPSA) is 35.8 Å². The SMILES string of the molecule is CC(C)CC(C#N)Nc1ccccc1Br. The molecule has 1 unspecified atom stereocenters. The molecule has 0 aliphatic rings. The Labute approximate surface area is 99.4 Å². The van der Waals surface area contributed by atoms with Crippen LogP contribution in [0.2, 0.25) is 0 Å². The first kappa shape index (κ1) is 12.1. The maximum absolute atomic E-state index is 9.00. The quantitative estimate of drug-likeness (QED) is 0.900. The zero-order chi connectivity index (χ0) is 11.3. The van der Waals surface area contributed by atoms with Crippen molar-refractivity contribution in [1.82, 2.24) is 0 Å². The Morgan fingerprint density at radius 3 is 2.60 bits per heavy atom. The zero-order valence-corrected chi connectivity index (χ0v) is 10.6. The van der Waals surface area contributed by atoms with Crippen LogP contribution < -0.4 is 5.32 Å². The van der Waals surface area contributed by atoms with Crippen LogP contribution in [0.1, 0.15) is 20.3 Å². The summed E-state index contributed by atoms with van der Waals surface area (Å²) in [7, 11) is 0. The van der Waals surface area contributed by atoms with E-state index in [1.54, 1.807) is 0 Å². The molecule has 0 aliphatic heterocycles. The van der Waals surface area contributed by atoms with Crippen LogP contribution >= 0.6 is 15.9 Å². The molecule has 0 saturated carbocycles. The van der Waals surface area contributed by atoms with Crippen molar-refractivity contribution in [3.63, 3.8) is 0 Å². The fraction of sp³-hybridized carbons (Fsp3) is 0.417. The lowest BCUT2D eigenvalue weighted by molar-refractivity contribution is 0.568. The standard InChI is InChI=1S/C12H15BrN2/c1-9(2)7-10(8-14)15-12-6-4-3-5-11(12)13/h3-6,9-10,15H,7H2,1-2H3. The number of benzene rings is 1. The molecule has 1 rings (SSSR count). The molecule has 80 valence electrons. The van der Waals surface area contributed by atoms with Crippen molar-refractivity contribution in [2.45, 2.75) is 26.3 Å². The highest BCUT2D eigenvalue weighted by Gasteiger charge is 2.10. The van der Waals surface area contributed by atoms with E-state index in [9.17, 15) is 0 Å². The number of para-hydroxylation sites is 1. The van der Waals surface area contributed by atoms with Gasteiger partial charge in [-0.05, 0) is 40.4 Å². The van der Waals surface area contributed by atoms with E-state index in [0.717, 1.165) is 16.6 Å². The Balaban J connectivity index is 2.68. The number of anilines is 1. The van der Waals surface area contributed by atoms with Gasteiger partial charge in [0.15, 0.2) is 0 Å². The summed E-state index contributed by atoms with van der Waals surface area (Å²) < 4.78 is 0.994. The molecule has 1 atom stereocenters. The van der Waals surface area contributed by atoms with Crippen LogP contribution in [0.25, 0.3) is 0 Å². The Kier molecular flexibility index (Phi) is 4.64. The molecule has 3 heteroatoms. The molecule has 1 aromatic rings. The van der Waals surface area contributed by atoms with Crippen molar-refractivity contribution >= 4 is 21.6 Å². The number of hydrogen-bond acceptors (Lipinski definition) is 2. The third-order valence-electron chi connectivity index (χ3n) is 2.07. The van der Waals surface area contributed by atoms with Crippen LogP contribution in [-0.2, 0) is 0 Å². The van der Waals surface area contributed by atoms with E-state index < -0.39 is 0 Å². The highest BCUT2D eigenvalue weighted by Crippen LogP contribution is 2.22. The van der Waals surface area contributed by atoms with Crippen LogP contribution in [0.15, 0.2) is 28.7 Å². The van der Waals surface area contributed by atoms with Crippen molar-refractivity contribution in [1.29, 1.82) is 5.26 Å². The van der Waals surface area contributed by atoms with E-state index >= 15 is 0 Å². The van der Waals surface area contributed by atoms with Gasteiger partial charge in [-0.1, -0.05) is 26.0 Å². The van der Waals surface area contributed by atoms with Crippen molar-refractivity contribution in [2.24, 2.45) is 5.92 Å². The van der Waals surface area contributed by atoms with Gasteiger partial charge in [0.2, 0.25) is 0 Å². The molecule has 0 spiro atoms. The molecule has 0 radical (unpaired) electrons. The monoisotopic (exact) mass is 266 g/mol. The number of halogens is 1. The summed E-state index contributed by atoms with van der Waals surface area (Å²) in [6, 6.07) is 10.00. The van der Waals surface area contributed by atoms with Crippen molar-refractivity contribution in [3.8, 4) is 6.07 Å². The van der Waals surface area contributed by atoms with E-state index in [1.807, 2.05) is 24.3 Å². The predicted octanol–water partition coefficient (Wildman–Crippen LogP) is 3.80. The van der Waals surface area contributed by atoms with Gasteiger partial charge >= 0.3 is 0 Å². The molecule has 1 aromatic carbocycles. The Bertz CT molecular complexity index is 355. The lowest BCUT2D eigenvalue weighted by atomic mass is 10.0. The smallest absolute Gasteiger partial charge is 0.114 e. The highest BCUT2D eigenvalue weighted by molar-refractivity contribution is 9.10. The fourth-order valence-electron chi connectivity index (χ4n) is 1.38. The number of nitrogens with one attached hydrogen (secondary N) is 1. The number of rotatable bonds is 4. The van der Waals surface area contributed by atoms with Gasteiger partial charge < -0.3 is 5.32 Å². The molecule has 1 N–H and O–H groups in total. The molecule has 0 bridgehead atoms. The van der Waals surface area contributed by atoms with Gasteiger partial charge in [0.1, 0.15) is 6.04 Å². The second-order valence-corrected chi connectivity index (χ2v) is 4.79. The van der Waals surface area contributed by atoms with Crippen LogP contribution in [0, 0.1) is 17.2 Å². The first-order chi connectivity index (χ1) is 7.13. The van der Waals surface area contributed by atoms with Gasteiger partial charge in [-0.25, -0.2) is 0 Å². The summed E-state index contributed by atoms with van der Waals surface area (Å²) in [5.41, 5.74) is 0.977. The predicted molar refractivity (Wildman–Crippen MR) is 66.6 cm³/mol. The van der Waals surface area contributed by atoms with Gasteiger partial charge in [0.05, 0.1) is 6.07 Å². The summed E-state index contributed by atoms with van der Waals surface area (Å²) in [5.74, 6) is 0.518. The maximum atomic E-state index is 9.00. The van der Waals surface area contributed by atoms with E-state index in [4.69, 9.17) is 5.26 Å². The molecule has 0 fully saturated rings. The maximum Gasteiger partial charge on any atom is 0.114 e. The minimum absolute atomic E-state index is 0.122. The summed E-state index contributed by atoms with van der Waals surface area (Å²) in [6.45, 7) is 4.23. The minimum Gasteiger partial charge on any atom is -0.369 e. The van der Waals surface area contributed by atoms with Crippen LogP contribution in [0.3, 0.4) is 0 Å². The average molecular weight is 267 g/mol. The first-order valence-electron chi connectivity index (χ1n) is 5.04. The molecule has 2 nitrogen and oxygen atoms in total. The lowest BCUT2D eigenvalue weighted by Gasteiger charge is -2.15. The third-order valence-corrected chi connectivity index (χ3v) is 2.76. The zero-order valence-electron chi connectivity index (χ0n) is 9.00. The fourth-order valence-corrected chi connectivity index (χ4v) is 1.78. The van der Waals surface area contributed by atoms with Gasteiger partial charge in [-0.3, -0.25) is 0 Å². The molecule has 0 heterocycles. The van der Waals surface area contributed by atoms with Crippen molar-refractivity contribution in [3.05, 3.63) is 28.7 Å². The van der Waals surface area contributed by atoms with E-state index in [2.05, 4.69) is 41.2 Å². The van der Waals surface area contributed by atoms with Gasteiger partial charge in [-0.2, -0.15) is 5.26 Å². The van der Waals surface area contributed by atoms with E-state index in [1.165, 1.54) is 0 Å². The van der Waals surface area contributed by atoms with Crippen molar-refractivity contribution in [2.75, 3.05) is 5.32 Å². The number of nitriles is 1. The van der Waals surface area contributed by atoms with Crippen LogP contribution in [0.5, 0.6) is 0 Å². The summed E-state index contributed by atoms with van der Waals surface area (Å²) in [4.78, 5) is 0. The molecular weight excluding hydrogens is 252 g/mol. The van der Waals surface area contributed by atoms with Gasteiger partial charge in [-0.15, -0.1) is 0 Å². The average Bonchev–Trinajstić information content (AvgIpc) is 2.19. The highest BCUT2D eigenvalue weighted by atomic mass is 79.9. The second kappa shape index (κ2) is 5.77. The summed E-state index contributed by atoms with van der Waals surface area (Å²) >= 11 is 3.45.